The van der Waals surface area contributed by atoms with Crippen molar-refractivity contribution < 1.29 is 9.67 Å². The van der Waals surface area contributed by atoms with E-state index in [0.717, 1.165) is 0 Å². The lowest BCUT2D eigenvalue weighted by Gasteiger charge is -2.11. The average molecular weight is 195 g/mol. The molecule has 0 spiro atoms. The van der Waals surface area contributed by atoms with Crippen molar-refractivity contribution in [1.82, 2.24) is 5.32 Å². The Labute approximate surface area is 85.4 Å². The van der Waals surface area contributed by atoms with Crippen LogP contribution in [0.4, 0.5) is 0 Å². The van der Waals surface area contributed by atoms with Crippen LogP contribution in [0.25, 0.3) is 0 Å². The van der Waals surface area contributed by atoms with Crippen molar-refractivity contribution in [1.29, 1.82) is 0 Å². The van der Waals surface area contributed by atoms with Crippen LogP contribution in [-0.2, 0) is 6.54 Å². The lowest BCUT2D eigenvalue weighted by molar-refractivity contribution is -0.703. The van der Waals surface area contributed by atoms with E-state index in [1.807, 2.05) is 35.2 Å². The Morgan fingerprint density at radius 3 is 2.43 bits per heavy atom. The van der Waals surface area contributed by atoms with Crippen molar-refractivity contribution in [3.63, 3.8) is 0 Å². The van der Waals surface area contributed by atoms with Crippen LogP contribution in [0, 0.1) is 0 Å². The molecule has 78 valence electrons. The number of hydrogen-bond donors (Lipinski definition) is 2. The van der Waals surface area contributed by atoms with E-state index in [4.69, 9.17) is 0 Å². The van der Waals surface area contributed by atoms with Crippen molar-refractivity contribution in [2.24, 2.45) is 0 Å². The van der Waals surface area contributed by atoms with Gasteiger partial charge in [-0.1, -0.05) is 19.9 Å². The molecule has 3 nitrogen and oxygen atoms in total. The van der Waals surface area contributed by atoms with Crippen LogP contribution < -0.4 is 9.88 Å². The van der Waals surface area contributed by atoms with E-state index in [1.165, 1.54) is 0 Å². The van der Waals surface area contributed by atoms with E-state index in [2.05, 4.69) is 19.2 Å². The Morgan fingerprint density at radius 1 is 1.21 bits per heavy atom. The number of nitrogens with one attached hydrogen (secondary N) is 1. The minimum absolute atomic E-state index is 0.329. The van der Waals surface area contributed by atoms with Gasteiger partial charge in [0, 0.05) is 24.7 Å². The van der Waals surface area contributed by atoms with Gasteiger partial charge >= 0.3 is 0 Å². The number of aromatic nitrogens is 1. The highest BCUT2D eigenvalue weighted by atomic mass is 16.3. The van der Waals surface area contributed by atoms with Crippen molar-refractivity contribution in [3.05, 3.63) is 30.6 Å². The highest BCUT2D eigenvalue weighted by Gasteiger charge is 2.09. The first-order valence-electron chi connectivity index (χ1n) is 5.04. The highest BCUT2D eigenvalue weighted by Crippen LogP contribution is 1.85. The Kier molecular flexibility index (Phi) is 4.56. The fourth-order valence-corrected chi connectivity index (χ4v) is 1.24. The molecule has 1 atom stereocenters. The van der Waals surface area contributed by atoms with Gasteiger partial charge in [-0.25, -0.2) is 4.57 Å². The standard InChI is InChI=1S/C11H19N2O/c1-10(2)12-8-11(14)9-13-6-4-3-5-7-13/h3-7,10-12,14H,8-9H2,1-2H3/q+1. The maximum Gasteiger partial charge on any atom is 0.175 e. The largest absolute Gasteiger partial charge is 0.385 e. The number of hydrogen-bond acceptors (Lipinski definition) is 2. The zero-order valence-electron chi connectivity index (χ0n) is 8.85. The molecule has 0 radical (unpaired) electrons. The highest BCUT2D eigenvalue weighted by molar-refractivity contribution is 4.83. The Balaban J connectivity index is 2.30. The van der Waals surface area contributed by atoms with Gasteiger partial charge in [0.2, 0.25) is 0 Å². The number of aliphatic hydroxyl groups is 1. The van der Waals surface area contributed by atoms with Crippen LogP contribution in [0.3, 0.4) is 0 Å². The molecule has 0 aliphatic rings. The van der Waals surface area contributed by atoms with Crippen LogP contribution in [-0.4, -0.2) is 23.8 Å². The van der Waals surface area contributed by atoms with Crippen molar-refractivity contribution in [2.45, 2.75) is 32.5 Å². The van der Waals surface area contributed by atoms with Crippen LogP contribution in [0.5, 0.6) is 0 Å². The first-order valence-corrected chi connectivity index (χ1v) is 5.04. The SMILES string of the molecule is CC(C)NCC(O)C[n+]1ccccc1. The molecule has 0 saturated carbocycles. The van der Waals surface area contributed by atoms with Crippen LogP contribution in [0.15, 0.2) is 30.6 Å². The quantitative estimate of drug-likeness (QED) is 0.664. The summed E-state index contributed by atoms with van der Waals surface area (Å²) in [6.45, 7) is 5.42. The molecule has 0 amide bonds. The Bertz CT molecular complexity index is 249. The van der Waals surface area contributed by atoms with E-state index < -0.39 is 0 Å². The lowest BCUT2D eigenvalue weighted by atomic mass is 10.3. The molecule has 1 rings (SSSR count). The smallest absolute Gasteiger partial charge is 0.175 e. The summed E-state index contributed by atoms with van der Waals surface area (Å²) in [5, 5.41) is 12.9. The van der Waals surface area contributed by atoms with E-state index in [1.54, 1.807) is 0 Å². The third-order valence-corrected chi connectivity index (χ3v) is 1.96. The summed E-state index contributed by atoms with van der Waals surface area (Å²) in [5.74, 6) is 0. The van der Waals surface area contributed by atoms with E-state index in [0.29, 0.717) is 19.1 Å². The zero-order valence-corrected chi connectivity index (χ0v) is 8.85. The molecule has 0 aromatic carbocycles. The van der Waals surface area contributed by atoms with Crippen molar-refractivity contribution in [2.75, 3.05) is 6.54 Å². The molecule has 2 N–H and O–H groups in total. The van der Waals surface area contributed by atoms with Gasteiger partial charge in [-0.3, -0.25) is 0 Å². The number of pyridine rings is 1. The van der Waals surface area contributed by atoms with Gasteiger partial charge in [-0.15, -0.1) is 0 Å². The molecular formula is C11H19N2O+. The lowest BCUT2D eigenvalue weighted by Crippen LogP contribution is -2.44. The normalized spacial score (nSPS) is 13.1. The fourth-order valence-electron chi connectivity index (χ4n) is 1.24. The molecule has 1 aromatic rings. The second-order valence-electron chi connectivity index (χ2n) is 3.79. The summed E-state index contributed by atoms with van der Waals surface area (Å²) >= 11 is 0. The average Bonchev–Trinajstić information content (AvgIpc) is 2.16. The maximum atomic E-state index is 9.67. The van der Waals surface area contributed by atoms with Crippen molar-refractivity contribution in [3.8, 4) is 0 Å². The number of aliphatic hydroxyl groups excluding tert-OH is 1. The molecule has 1 heterocycles. The first kappa shape index (κ1) is 11.1. The van der Waals surface area contributed by atoms with Gasteiger partial charge in [-0.2, -0.15) is 0 Å². The van der Waals surface area contributed by atoms with Gasteiger partial charge < -0.3 is 10.4 Å². The predicted molar refractivity (Wildman–Crippen MR) is 55.8 cm³/mol. The molecule has 14 heavy (non-hydrogen) atoms. The summed E-state index contributed by atoms with van der Waals surface area (Å²) in [7, 11) is 0. The van der Waals surface area contributed by atoms with Gasteiger partial charge in [0.1, 0.15) is 6.10 Å². The minimum atomic E-state index is -0.329. The van der Waals surface area contributed by atoms with Crippen LogP contribution in [0.1, 0.15) is 13.8 Å². The van der Waals surface area contributed by atoms with Crippen LogP contribution >= 0.6 is 0 Å². The molecule has 0 saturated heterocycles. The van der Waals surface area contributed by atoms with Gasteiger partial charge in [0.05, 0.1) is 0 Å². The molecule has 0 aliphatic heterocycles. The van der Waals surface area contributed by atoms with Gasteiger partial charge in [0.15, 0.2) is 18.9 Å². The first-order chi connectivity index (χ1) is 6.68. The molecule has 0 aliphatic carbocycles. The molecule has 0 bridgehead atoms. The minimum Gasteiger partial charge on any atom is -0.385 e. The summed E-state index contributed by atoms with van der Waals surface area (Å²) in [4.78, 5) is 0. The van der Waals surface area contributed by atoms with Gasteiger partial charge in [-0.05, 0) is 0 Å². The topological polar surface area (TPSA) is 36.1 Å². The molecule has 1 aromatic heterocycles. The molecular weight excluding hydrogens is 176 g/mol. The second-order valence-corrected chi connectivity index (χ2v) is 3.79. The summed E-state index contributed by atoms with van der Waals surface area (Å²) < 4.78 is 1.98. The monoisotopic (exact) mass is 195 g/mol. The van der Waals surface area contributed by atoms with E-state index >= 15 is 0 Å². The van der Waals surface area contributed by atoms with Crippen molar-refractivity contribution >= 4 is 0 Å². The zero-order chi connectivity index (χ0) is 10.4. The Hall–Kier alpha value is -0.930. The van der Waals surface area contributed by atoms with E-state index in [-0.39, 0.29) is 6.10 Å². The fraction of sp³-hybridized carbons (Fsp3) is 0.545. The third-order valence-electron chi connectivity index (χ3n) is 1.96. The number of nitrogens with zero attached hydrogens (tertiary/aromatic N) is 1. The third kappa shape index (κ3) is 4.35. The summed E-state index contributed by atoms with van der Waals surface area (Å²) in [6.07, 6.45) is 3.58. The Morgan fingerprint density at radius 2 is 1.86 bits per heavy atom. The molecule has 3 heteroatoms. The second kappa shape index (κ2) is 5.73. The predicted octanol–water partition coefficient (Wildman–Crippen LogP) is 0.333. The van der Waals surface area contributed by atoms with E-state index in [9.17, 15) is 5.11 Å². The van der Waals surface area contributed by atoms with Gasteiger partial charge in [0.25, 0.3) is 0 Å². The summed E-state index contributed by atoms with van der Waals surface area (Å²) in [5.41, 5.74) is 0. The molecule has 1 unspecified atom stereocenters. The van der Waals surface area contributed by atoms with Crippen LogP contribution in [0.2, 0.25) is 0 Å². The molecule has 0 fully saturated rings. The summed E-state index contributed by atoms with van der Waals surface area (Å²) in [6, 6.07) is 6.31. The number of rotatable bonds is 5. The maximum absolute atomic E-state index is 9.67.